The second-order valence-electron chi connectivity index (χ2n) is 8.01. The number of esters is 1. The number of carbonyl (C=O) groups is 1. The van der Waals surface area contributed by atoms with Crippen LogP contribution in [0.1, 0.15) is 35.3 Å². The number of benzene rings is 1. The first-order valence-electron chi connectivity index (χ1n) is 9.74. The van der Waals surface area contributed by atoms with Crippen molar-refractivity contribution in [3.63, 3.8) is 0 Å². The van der Waals surface area contributed by atoms with Crippen LogP contribution in [0, 0.1) is 0 Å². The van der Waals surface area contributed by atoms with Gasteiger partial charge in [-0.15, -0.1) is 0 Å². The fourth-order valence-corrected chi connectivity index (χ4v) is 4.75. The molecule has 152 valence electrons. The minimum Gasteiger partial charge on any atom is -0.466 e. The second kappa shape index (κ2) is 7.04. The first kappa shape index (κ1) is 19.0. The van der Waals surface area contributed by atoms with Gasteiger partial charge in [-0.1, -0.05) is 23.2 Å². The molecular weight excluding hydrogens is 413 g/mol. The number of ether oxygens (including phenoxy) is 2. The smallest absolute Gasteiger partial charge is 0.357 e. The van der Waals surface area contributed by atoms with Gasteiger partial charge in [-0.05, 0) is 37.7 Å². The van der Waals surface area contributed by atoms with Gasteiger partial charge in [0.2, 0.25) is 0 Å². The van der Waals surface area contributed by atoms with Gasteiger partial charge >= 0.3 is 5.97 Å². The van der Waals surface area contributed by atoms with E-state index in [1.54, 1.807) is 18.3 Å². The first-order chi connectivity index (χ1) is 13.9. The predicted octanol–water partition coefficient (Wildman–Crippen LogP) is 4.14. The highest BCUT2D eigenvalue weighted by Crippen LogP contribution is 2.49. The molecule has 0 N–H and O–H groups in total. The van der Waals surface area contributed by atoms with Crippen LogP contribution in [0.2, 0.25) is 10.0 Å². The van der Waals surface area contributed by atoms with Crippen LogP contribution in [-0.4, -0.2) is 47.8 Å². The molecule has 6 nitrogen and oxygen atoms in total. The van der Waals surface area contributed by atoms with Crippen molar-refractivity contribution in [2.45, 2.75) is 37.6 Å². The number of likely N-dealkylation sites (N-methyl/N-ethyl adjacent to an activating group) is 1. The number of nitrogens with zero attached hydrogens (tertiary/aromatic N) is 3. The van der Waals surface area contributed by atoms with E-state index in [9.17, 15) is 4.79 Å². The van der Waals surface area contributed by atoms with Crippen LogP contribution in [0.4, 0.5) is 5.69 Å². The lowest BCUT2D eigenvalue weighted by Crippen LogP contribution is -2.60. The van der Waals surface area contributed by atoms with Gasteiger partial charge in [0, 0.05) is 36.5 Å². The number of halogens is 2. The lowest BCUT2D eigenvalue weighted by molar-refractivity contribution is -0.0220. The average molecular weight is 434 g/mol. The highest BCUT2D eigenvalue weighted by molar-refractivity contribution is 6.35. The van der Waals surface area contributed by atoms with E-state index in [2.05, 4.69) is 14.8 Å². The number of fused-ring (bicyclic) bond motifs is 1. The molecule has 0 atom stereocenters. The van der Waals surface area contributed by atoms with Crippen molar-refractivity contribution < 1.29 is 14.3 Å². The van der Waals surface area contributed by atoms with Gasteiger partial charge in [0.15, 0.2) is 5.72 Å². The Hall–Kier alpha value is -2.02. The number of anilines is 1. The Labute approximate surface area is 179 Å². The highest BCUT2D eigenvalue weighted by Gasteiger charge is 2.48. The zero-order valence-corrected chi connectivity index (χ0v) is 17.5. The standard InChI is InChI=1S/C21H21Cl2N3O3/c1-25-11-16(12-25)28-20(27)18-4-3-15(9-24-18)26-10-13-7-14(22)8-17(23)19(13)29-21(26)5-2-6-21/h3-4,7-9,16H,2,5-6,10-12H2,1H3. The molecule has 1 aromatic heterocycles. The molecule has 3 heterocycles. The fraction of sp³-hybridized carbons (Fsp3) is 0.429. The Balaban J connectivity index is 1.38. The Kier molecular flexibility index (Phi) is 4.61. The zero-order chi connectivity index (χ0) is 20.2. The lowest BCUT2D eigenvalue weighted by Gasteiger charge is -2.53. The third-order valence-corrected chi connectivity index (χ3v) is 6.40. The monoisotopic (exact) mass is 433 g/mol. The lowest BCUT2D eigenvalue weighted by atomic mass is 9.84. The maximum absolute atomic E-state index is 12.3. The van der Waals surface area contributed by atoms with Crippen molar-refractivity contribution in [1.29, 1.82) is 0 Å². The van der Waals surface area contributed by atoms with E-state index in [0.29, 0.717) is 28.0 Å². The van der Waals surface area contributed by atoms with E-state index in [4.69, 9.17) is 32.7 Å². The molecule has 29 heavy (non-hydrogen) atoms. The van der Waals surface area contributed by atoms with Gasteiger partial charge in [0.25, 0.3) is 0 Å². The van der Waals surface area contributed by atoms with Crippen molar-refractivity contribution in [3.05, 3.63) is 51.8 Å². The van der Waals surface area contributed by atoms with E-state index >= 15 is 0 Å². The summed E-state index contributed by atoms with van der Waals surface area (Å²) in [5, 5.41) is 1.12. The molecule has 2 aliphatic heterocycles. The highest BCUT2D eigenvalue weighted by atomic mass is 35.5. The van der Waals surface area contributed by atoms with Gasteiger partial charge in [-0.25, -0.2) is 9.78 Å². The fourth-order valence-electron chi connectivity index (χ4n) is 4.18. The third kappa shape index (κ3) is 3.33. The van der Waals surface area contributed by atoms with Crippen molar-refractivity contribution >= 4 is 34.9 Å². The Morgan fingerprint density at radius 3 is 2.69 bits per heavy atom. The number of hydrogen-bond acceptors (Lipinski definition) is 6. The van der Waals surface area contributed by atoms with Crippen molar-refractivity contribution in [2.75, 3.05) is 25.0 Å². The molecule has 5 rings (SSSR count). The van der Waals surface area contributed by atoms with Gasteiger partial charge in [-0.2, -0.15) is 0 Å². The summed E-state index contributed by atoms with van der Waals surface area (Å²) in [6, 6.07) is 7.21. The molecule has 1 saturated carbocycles. The number of rotatable bonds is 3. The molecule has 0 unspecified atom stereocenters. The predicted molar refractivity (Wildman–Crippen MR) is 111 cm³/mol. The number of likely N-dealkylation sites (tertiary alicyclic amines) is 1. The van der Waals surface area contributed by atoms with Crippen molar-refractivity contribution in [3.8, 4) is 5.75 Å². The Morgan fingerprint density at radius 2 is 2.07 bits per heavy atom. The van der Waals surface area contributed by atoms with Crippen LogP contribution in [0.25, 0.3) is 0 Å². The molecule has 1 aliphatic carbocycles. The van der Waals surface area contributed by atoms with Crippen molar-refractivity contribution in [1.82, 2.24) is 9.88 Å². The SMILES string of the molecule is CN1CC(OC(=O)c2ccc(N3Cc4cc(Cl)cc(Cl)c4OC34CCC4)cn2)C1. The number of aromatic nitrogens is 1. The molecule has 0 radical (unpaired) electrons. The minimum absolute atomic E-state index is 0.0475. The molecular formula is C21H21Cl2N3O3. The zero-order valence-electron chi connectivity index (χ0n) is 16.0. The molecule has 0 amide bonds. The van der Waals surface area contributed by atoms with Gasteiger partial charge in [0.1, 0.15) is 17.5 Å². The van der Waals surface area contributed by atoms with E-state index in [-0.39, 0.29) is 12.1 Å². The van der Waals surface area contributed by atoms with Crippen LogP contribution in [0.5, 0.6) is 5.75 Å². The van der Waals surface area contributed by atoms with E-state index < -0.39 is 5.72 Å². The summed E-state index contributed by atoms with van der Waals surface area (Å²) < 4.78 is 11.8. The topological polar surface area (TPSA) is 54.9 Å². The summed E-state index contributed by atoms with van der Waals surface area (Å²) in [6.07, 6.45) is 4.57. The van der Waals surface area contributed by atoms with Crippen molar-refractivity contribution in [2.24, 2.45) is 0 Å². The van der Waals surface area contributed by atoms with Crippen LogP contribution < -0.4 is 9.64 Å². The molecule has 0 bridgehead atoms. The molecule has 1 spiro atoms. The summed E-state index contributed by atoms with van der Waals surface area (Å²) in [4.78, 5) is 21.0. The number of carbonyl (C=O) groups excluding carboxylic acids is 1. The van der Waals surface area contributed by atoms with Crippen LogP contribution in [0.3, 0.4) is 0 Å². The van der Waals surface area contributed by atoms with Gasteiger partial charge in [-0.3, -0.25) is 4.90 Å². The van der Waals surface area contributed by atoms with E-state index in [1.165, 1.54) is 0 Å². The molecule has 3 aliphatic rings. The molecule has 8 heteroatoms. The summed E-state index contributed by atoms with van der Waals surface area (Å²) >= 11 is 12.6. The van der Waals surface area contributed by atoms with E-state index in [1.807, 2.05) is 19.2 Å². The van der Waals surface area contributed by atoms with Crippen LogP contribution >= 0.6 is 23.2 Å². The first-order valence-corrected chi connectivity index (χ1v) is 10.5. The largest absolute Gasteiger partial charge is 0.466 e. The Bertz CT molecular complexity index is 956. The Morgan fingerprint density at radius 1 is 1.28 bits per heavy atom. The van der Waals surface area contributed by atoms with E-state index in [0.717, 1.165) is 43.6 Å². The third-order valence-electron chi connectivity index (χ3n) is 5.91. The summed E-state index contributed by atoms with van der Waals surface area (Å²) in [5.41, 5.74) is 1.73. The maximum Gasteiger partial charge on any atom is 0.357 e. The molecule has 2 aromatic rings. The summed E-state index contributed by atoms with van der Waals surface area (Å²) in [7, 11) is 1.99. The quantitative estimate of drug-likeness (QED) is 0.677. The van der Waals surface area contributed by atoms with Gasteiger partial charge < -0.3 is 14.4 Å². The maximum atomic E-state index is 12.3. The van der Waals surface area contributed by atoms with Gasteiger partial charge in [0.05, 0.1) is 23.5 Å². The van der Waals surface area contributed by atoms with Crippen LogP contribution in [-0.2, 0) is 11.3 Å². The normalized spacial score (nSPS) is 20.4. The molecule has 1 saturated heterocycles. The molecule has 1 aromatic carbocycles. The van der Waals surface area contributed by atoms with Crippen LogP contribution in [0.15, 0.2) is 30.5 Å². The average Bonchev–Trinajstić information content (AvgIpc) is 2.64. The number of pyridine rings is 1. The second-order valence-corrected chi connectivity index (χ2v) is 8.86. The minimum atomic E-state index is -0.426. The molecule has 2 fully saturated rings. The summed E-state index contributed by atoms with van der Waals surface area (Å²) in [5.74, 6) is 0.331. The number of hydrogen-bond donors (Lipinski definition) is 0. The summed E-state index contributed by atoms with van der Waals surface area (Å²) in [6.45, 7) is 2.15.